The maximum Gasteiger partial charge on any atom is 0.285 e. The minimum absolute atomic E-state index is 0.0899. The number of halogens is 1. The number of carbonyl (C=O) groups excluding carboxylic acids is 3. The molecule has 0 aliphatic carbocycles. The molecule has 0 saturated heterocycles. The lowest BCUT2D eigenvalue weighted by Crippen LogP contribution is -2.42. The summed E-state index contributed by atoms with van der Waals surface area (Å²) < 4.78 is 2.11. The summed E-state index contributed by atoms with van der Waals surface area (Å²) in [6.07, 6.45) is 8.39. The van der Waals surface area contributed by atoms with E-state index in [1.54, 1.807) is 37.3 Å². The number of aliphatic imine (C=N–C) groups is 1. The molecule has 0 saturated carbocycles. The molecule has 3 amide bonds. The highest BCUT2D eigenvalue weighted by molar-refractivity contribution is 8.14. The first-order valence-electron chi connectivity index (χ1n) is 18.7. The van der Waals surface area contributed by atoms with Crippen molar-refractivity contribution in [1.29, 1.82) is 0 Å². The van der Waals surface area contributed by atoms with E-state index in [1.807, 2.05) is 152 Å². The van der Waals surface area contributed by atoms with Crippen LogP contribution in [-0.2, 0) is 14.4 Å². The Morgan fingerprint density at radius 1 is 0.810 bits per heavy atom. The third kappa shape index (κ3) is 8.79. The van der Waals surface area contributed by atoms with Gasteiger partial charge in [0.05, 0.1) is 23.2 Å². The minimum Gasteiger partial charge on any atom is -0.344 e. The molecule has 1 N–H and O–H groups in total. The number of nitrogens with one attached hydrogen (secondary N) is 1. The summed E-state index contributed by atoms with van der Waals surface area (Å²) in [7, 11) is 0. The number of hydrogen-bond acceptors (Lipinski definition) is 4. The van der Waals surface area contributed by atoms with E-state index in [9.17, 15) is 14.4 Å². The highest BCUT2D eigenvalue weighted by Crippen LogP contribution is 2.38. The van der Waals surface area contributed by atoms with Crippen molar-refractivity contribution in [3.05, 3.63) is 216 Å². The molecule has 2 heterocycles. The van der Waals surface area contributed by atoms with Gasteiger partial charge in [-0.05, 0) is 71.7 Å². The van der Waals surface area contributed by atoms with Gasteiger partial charge < -0.3 is 9.88 Å². The topological polar surface area (TPSA) is 83.8 Å². The minimum atomic E-state index is -0.710. The Balaban J connectivity index is 1.30. The van der Waals surface area contributed by atoms with Gasteiger partial charge in [-0.1, -0.05) is 169 Å². The first kappa shape index (κ1) is 39.5. The van der Waals surface area contributed by atoms with Crippen LogP contribution >= 0.6 is 23.4 Å². The lowest BCUT2D eigenvalue weighted by molar-refractivity contribution is -0.126. The zero-order valence-electron chi connectivity index (χ0n) is 31.7. The standard InChI is InChI=1S/C49H39ClN4O3S/c1-3-5-26-40(4-2)54-48(57)42(47(56)52-49(54)58-33-44(55)51-45(35-20-12-7-13-21-35)36-22-14-8-15-23-36)31-38-32-43(34-18-10-6-11-19-34)53(41-29-27-39(50)28-30-41)46(38)37-24-16-9-17-25-37/h3-32,45H,1,33H2,2H3,(H,51,55)/b26-5-,40-4+,42-31-. The number of thioether (sulfide) groups is 1. The Hall–Kier alpha value is -6.74. The number of aromatic nitrogens is 1. The lowest BCUT2D eigenvalue weighted by atomic mass is 9.99. The van der Waals surface area contributed by atoms with Crippen LogP contribution in [0, 0.1) is 0 Å². The van der Waals surface area contributed by atoms with Crippen LogP contribution in [0.5, 0.6) is 0 Å². The quantitative estimate of drug-likeness (QED) is 0.0759. The van der Waals surface area contributed by atoms with Crippen LogP contribution in [-0.4, -0.2) is 38.1 Å². The average Bonchev–Trinajstić information content (AvgIpc) is 3.65. The Kier molecular flexibility index (Phi) is 12.6. The number of nitrogens with zero attached hydrogens (tertiary/aromatic N) is 3. The number of rotatable bonds is 12. The van der Waals surface area contributed by atoms with E-state index in [4.69, 9.17) is 11.6 Å². The summed E-state index contributed by atoms with van der Waals surface area (Å²) >= 11 is 7.36. The number of benzene rings is 5. The van der Waals surface area contributed by atoms with Crippen molar-refractivity contribution < 1.29 is 14.4 Å². The molecule has 0 atom stereocenters. The van der Waals surface area contributed by atoms with Crippen molar-refractivity contribution >= 4 is 52.3 Å². The lowest BCUT2D eigenvalue weighted by Gasteiger charge is -2.28. The van der Waals surface area contributed by atoms with Crippen molar-refractivity contribution in [3.8, 4) is 28.2 Å². The maximum absolute atomic E-state index is 14.7. The molecule has 1 aliphatic heterocycles. The molecule has 1 aromatic heterocycles. The Morgan fingerprint density at radius 2 is 1.38 bits per heavy atom. The van der Waals surface area contributed by atoms with Crippen molar-refractivity contribution in [2.75, 3.05) is 5.75 Å². The number of amidine groups is 1. The van der Waals surface area contributed by atoms with Gasteiger partial charge in [0.2, 0.25) is 5.91 Å². The van der Waals surface area contributed by atoms with Gasteiger partial charge in [0, 0.05) is 22.0 Å². The Labute approximate surface area is 347 Å². The summed E-state index contributed by atoms with van der Waals surface area (Å²) in [5, 5.41) is 3.83. The predicted molar refractivity (Wildman–Crippen MR) is 237 cm³/mol. The van der Waals surface area contributed by atoms with Gasteiger partial charge in [-0.2, -0.15) is 4.99 Å². The van der Waals surface area contributed by atoms with Crippen molar-refractivity contribution in [2.45, 2.75) is 13.0 Å². The number of allylic oxidation sites excluding steroid dienone is 4. The van der Waals surface area contributed by atoms with Gasteiger partial charge in [-0.25, -0.2) is 0 Å². The third-order valence-corrected chi connectivity index (χ3v) is 10.6. The van der Waals surface area contributed by atoms with E-state index < -0.39 is 17.9 Å². The van der Waals surface area contributed by atoms with E-state index in [0.717, 1.165) is 51.1 Å². The van der Waals surface area contributed by atoms with E-state index in [2.05, 4.69) is 21.5 Å². The molecule has 7 nitrogen and oxygen atoms in total. The molecule has 1 aliphatic rings. The van der Waals surface area contributed by atoms with Gasteiger partial charge in [-0.3, -0.25) is 19.3 Å². The first-order valence-corrected chi connectivity index (χ1v) is 20.0. The first-order chi connectivity index (χ1) is 28.4. The van der Waals surface area contributed by atoms with Crippen LogP contribution in [0.4, 0.5) is 0 Å². The molecule has 58 heavy (non-hydrogen) atoms. The van der Waals surface area contributed by atoms with E-state index >= 15 is 0 Å². The Morgan fingerprint density at radius 3 is 1.95 bits per heavy atom. The van der Waals surface area contributed by atoms with Crippen molar-refractivity contribution in [1.82, 2.24) is 14.8 Å². The highest BCUT2D eigenvalue weighted by Gasteiger charge is 2.36. The van der Waals surface area contributed by atoms with E-state index in [-0.39, 0.29) is 22.4 Å². The average molecular weight is 799 g/mol. The second kappa shape index (κ2) is 18.5. The summed E-state index contributed by atoms with van der Waals surface area (Å²) in [6, 6.07) is 48.3. The van der Waals surface area contributed by atoms with Crippen LogP contribution in [0.15, 0.2) is 199 Å². The molecule has 286 valence electrons. The van der Waals surface area contributed by atoms with E-state index in [1.165, 1.54) is 4.90 Å². The smallest absolute Gasteiger partial charge is 0.285 e. The number of hydrogen-bond donors (Lipinski definition) is 1. The van der Waals surface area contributed by atoms with Crippen LogP contribution in [0.3, 0.4) is 0 Å². The number of amides is 3. The number of carbonyl (C=O) groups is 3. The zero-order valence-corrected chi connectivity index (χ0v) is 33.2. The molecule has 0 unspecified atom stereocenters. The summed E-state index contributed by atoms with van der Waals surface area (Å²) in [5.74, 6) is -1.68. The Bertz CT molecular complexity index is 2520. The normalized spacial score (nSPS) is 14.0. The second-order valence-electron chi connectivity index (χ2n) is 13.2. The van der Waals surface area contributed by atoms with Gasteiger partial charge >= 0.3 is 0 Å². The molecular weight excluding hydrogens is 760 g/mol. The van der Waals surface area contributed by atoms with Crippen LogP contribution in [0.2, 0.25) is 5.02 Å². The molecule has 0 radical (unpaired) electrons. The highest BCUT2D eigenvalue weighted by atomic mass is 35.5. The fourth-order valence-corrected chi connectivity index (χ4v) is 7.69. The van der Waals surface area contributed by atoms with Gasteiger partial charge in [0.15, 0.2) is 5.17 Å². The van der Waals surface area contributed by atoms with Crippen LogP contribution < -0.4 is 5.32 Å². The summed E-state index contributed by atoms with van der Waals surface area (Å²) in [6.45, 7) is 5.59. The molecule has 5 aromatic carbocycles. The molecule has 6 aromatic rings. The van der Waals surface area contributed by atoms with Crippen LogP contribution in [0.1, 0.15) is 29.7 Å². The zero-order chi connectivity index (χ0) is 40.4. The van der Waals surface area contributed by atoms with Crippen molar-refractivity contribution in [2.24, 2.45) is 4.99 Å². The fourth-order valence-electron chi connectivity index (χ4n) is 6.76. The van der Waals surface area contributed by atoms with Gasteiger partial charge in [-0.15, -0.1) is 0 Å². The molecule has 0 spiro atoms. The van der Waals surface area contributed by atoms with E-state index in [0.29, 0.717) is 16.3 Å². The van der Waals surface area contributed by atoms with Gasteiger partial charge in [0.1, 0.15) is 5.57 Å². The summed E-state index contributed by atoms with van der Waals surface area (Å²) in [4.78, 5) is 48.4. The molecule has 9 heteroatoms. The monoisotopic (exact) mass is 798 g/mol. The molecule has 0 fully saturated rings. The molecule has 0 bridgehead atoms. The van der Waals surface area contributed by atoms with Gasteiger partial charge in [0.25, 0.3) is 11.8 Å². The maximum atomic E-state index is 14.7. The summed E-state index contributed by atoms with van der Waals surface area (Å²) in [5.41, 5.74) is 7.09. The predicted octanol–water partition coefficient (Wildman–Crippen LogP) is 10.9. The second-order valence-corrected chi connectivity index (χ2v) is 14.6. The largest absolute Gasteiger partial charge is 0.344 e. The molecular formula is C49H39ClN4O3S. The SMILES string of the molecule is C=C/C=C\C(=C/C)N1C(=O)/C(=C\c2cc(-c3ccccc3)n(-c3ccc(Cl)cc3)c2-c2ccccc2)C(=O)N=C1SCC(=O)NC(c1ccccc1)c1ccccc1. The molecule has 7 rings (SSSR count). The fraction of sp³-hybridized carbons (Fsp3) is 0.0612. The third-order valence-electron chi connectivity index (χ3n) is 9.44. The van der Waals surface area contributed by atoms with Crippen LogP contribution in [0.25, 0.3) is 34.3 Å². The van der Waals surface area contributed by atoms with Crippen molar-refractivity contribution in [3.63, 3.8) is 0 Å².